The molecule has 21 heavy (non-hydrogen) atoms. The van der Waals surface area contributed by atoms with E-state index in [-0.39, 0.29) is 24.1 Å². The van der Waals surface area contributed by atoms with Crippen molar-refractivity contribution >= 4 is 11.6 Å². The number of carbonyl (C=O) groups excluding carboxylic acids is 1. The Labute approximate surface area is 124 Å². The van der Waals surface area contributed by atoms with Crippen LogP contribution in [0.2, 0.25) is 0 Å². The molecule has 0 saturated heterocycles. The molecular formula is C15H22N2O4. The van der Waals surface area contributed by atoms with E-state index in [9.17, 15) is 14.9 Å². The Morgan fingerprint density at radius 1 is 1.43 bits per heavy atom. The number of aliphatic hydroxyl groups is 1. The number of hydrogen-bond acceptors (Lipinski definition) is 4. The lowest BCUT2D eigenvalue weighted by Crippen LogP contribution is -2.30. The summed E-state index contributed by atoms with van der Waals surface area (Å²) in [6.07, 6.45) is 2.60. The van der Waals surface area contributed by atoms with Gasteiger partial charge in [-0.2, -0.15) is 0 Å². The summed E-state index contributed by atoms with van der Waals surface area (Å²) in [5.74, 6) is 0.0174. The largest absolute Gasteiger partial charge is 0.396 e. The number of benzene rings is 1. The Bertz CT molecular complexity index is 496. The number of nitrogens with zero attached hydrogens (tertiary/aromatic N) is 1. The number of non-ortho nitro benzene ring substituents is 1. The Morgan fingerprint density at radius 2 is 2.14 bits per heavy atom. The fraction of sp³-hybridized carbons (Fsp3) is 0.533. The predicted octanol–water partition coefficient (Wildman–Crippen LogP) is 2.43. The van der Waals surface area contributed by atoms with Gasteiger partial charge in [0.2, 0.25) is 0 Å². The van der Waals surface area contributed by atoms with Gasteiger partial charge in [0.05, 0.1) is 4.92 Å². The van der Waals surface area contributed by atoms with Crippen molar-refractivity contribution in [1.29, 1.82) is 0 Å². The number of aliphatic hydroxyl groups excluding tert-OH is 1. The molecule has 0 saturated carbocycles. The standard InChI is InChI=1S/C15H22N2O4/c1-3-4-12(7-8-18)10-16-15(19)14-6-5-13(17(20)21)9-11(14)2/h5-6,9,12,18H,3-4,7-8,10H2,1-2H3,(H,16,19). The normalized spacial score (nSPS) is 12.0. The fourth-order valence-electron chi connectivity index (χ4n) is 2.29. The number of nitro groups is 1. The molecule has 116 valence electrons. The minimum atomic E-state index is -0.479. The molecule has 1 amide bonds. The number of hydrogen-bond donors (Lipinski definition) is 2. The quantitative estimate of drug-likeness (QED) is 0.569. The van der Waals surface area contributed by atoms with Crippen LogP contribution >= 0.6 is 0 Å². The van der Waals surface area contributed by atoms with Crippen molar-refractivity contribution in [2.24, 2.45) is 5.92 Å². The highest BCUT2D eigenvalue weighted by atomic mass is 16.6. The fourth-order valence-corrected chi connectivity index (χ4v) is 2.29. The van der Waals surface area contributed by atoms with E-state index in [4.69, 9.17) is 5.11 Å². The monoisotopic (exact) mass is 294 g/mol. The zero-order valence-electron chi connectivity index (χ0n) is 12.5. The third kappa shape index (κ3) is 5.15. The Kier molecular flexibility index (Phi) is 6.81. The first kappa shape index (κ1) is 17.1. The minimum Gasteiger partial charge on any atom is -0.396 e. The van der Waals surface area contributed by atoms with Gasteiger partial charge < -0.3 is 10.4 Å². The molecule has 1 aromatic rings. The van der Waals surface area contributed by atoms with Crippen LogP contribution in [0, 0.1) is 23.0 Å². The summed E-state index contributed by atoms with van der Waals surface area (Å²) in [4.78, 5) is 22.3. The maximum absolute atomic E-state index is 12.1. The number of rotatable bonds is 8. The van der Waals surface area contributed by atoms with Crippen LogP contribution in [-0.4, -0.2) is 29.1 Å². The molecular weight excluding hydrogens is 272 g/mol. The van der Waals surface area contributed by atoms with Crippen molar-refractivity contribution in [3.63, 3.8) is 0 Å². The van der Waals surface area contributed by atoms with E-state index >= 15 is 0 Å². The van der Waals surface area contributed by atoms with Gasteiger partial charge in [0, 0.05) is 30.8 Å². The molecule has 1 aromatic carbocycles. The molecule has 0 radical (unpaired) electrons. The molecule has 0 spiro atoms. The van der Waals surface area contributed by atoms with Crippen LogP contribution in [0.5, 0.6) is 0 Å². The average molecular weight is 294 g/mol. The van der Waals surface area contributed by atoms with Crippen molar-refractivity contribution in [1.82, 2.24) is 5.32 Å². The van der Waals surface area contributed by atoms with Crippen LogP contribution in [0.4, 0.5) is 5.69 Å². The second-order valence-electron chi connectivity index (χ2n) is 5.13. The third-order valence-electron chi connectivity index (χ3n) is 3.45. The van der Waals surface area contributed by atoms with Crippen molar-refractivity contribution in [3.05, 3.63) is 39.4 Å². The zero-order chi connectivity index (χ0) is 15.8. The summed E-state index contributed by atoms with van der Waals surface area (Å²) in [5.41, 5.74) is 1.00. The Balaban J connectivity index is 2.69. The van der Waals surface area contributed by atoms with Crippen LogP contribution in [0.3, 0.4) is 0 Å². The first-order valence-corrected chi connectivity index (χ1v) is 7.13. The summed E-state index contributed by atoms with van der Waals surface area (Å²) < 4.78 is 0. The highest BCUT2D eigenvalue weighted by Crippen LogP contribution is 2.17. The van der Waals surface area contributed by atoms with Gasteiger partial charge >= 0.3 is 0 Å². The number of nitro benzene ring substituents is 1. The van der Waals surface area contributed by atoms with E-state index in [1.807, 2.05) is 0 Å². The van der Waals surface area contributed by atoms with Gasteiger partial charge in [0.15, 0.2) is 0 Å². The zero-order valence-corrected chi connectivity index (χ0v) is 12.5. The first-order chi connectivity index (χ1) is 9.99. The van der Waals surface area contributed by atoms with Gasteiger partial charge in [0.1, 0.15) is 0 Å². The topological polar surface area (TPSA) is 92.5 Å². The molecule has 1 unspecified atom stereocenters. The van der Waals surface area contributed by atoms with Crippen molar-refractivity contribution in [3.8, 4) is 0 Å². The summed E-state index contributed by atoms with van der Waals surface area (Å²) >= 11 is 0. The molecule has 6 heteroatoms. The lowest BCUT2D eigenvalue weighted by atomic mass is 10.00. The molecule has 0 bridgehead atoms. The highest BCUT2D eigenvalue weighted by molar-refractivity contribution is 5.95. The predicted molar refractivity (Wildman–Crippen MR) is 80.3 cm³/mol. The smallest absolute Gasteiger partial charge is 0.269 e. The lowest BCUT2D eigenvalue weighted by Gasteiger charge is -2.16. The molecule has 1 rings (SSSR count). The van der Waals surface area contributed by atoms with E-state index < -0.39 is 4.92 Å². The molecule has 6 nitrogen and oxygen atoms in total. The first-order valence-electron chi connectivity index (χ1n) is 7.13. The van der Waals surface area contributed by atoms with E-state index in [0.717, 1.165) is 12.8 Å². The molecule has 0 aliphatic rings. The van der Waals surface area contributed by atoms with Crippen LogP contribution in [0.15, 0.2) is 18.2 Å². The number of carbonyl (C=O) groups is 1. The number of nitrogens with one attached hydrogen (secondary N) is 1. The van der Waals surface area contributed by atoms with Gasteiger partial charge in [-0.1, -0.05) is 13.3 Å². The van der Waals surface area contributed by atoms with Crippen LogP contribution < -0.4 is 5.32 Å². The molecule has 1 atom stereocenters. The van der Waals surface area contributed by atoms with Gasteiger partial charge in [0.25, 0.3) is 11.6 Å². The number of amides is 1. The number of aryl methyl sites for hydroxylation is 1. The van der Waals surface area contributed by atoms with Gasteiger partial charge in [-0.25, -0.2) is 0 Å². The van der Waals surface area contributed by atoms with Crippen molar-refractivity contribution in [2.75, 3.05) is 13.2 Å². The summed E-state index contributed by atoms with van der Waals surface area (Å²) in [5, 5.41) is 22.5. The van der Waals surface area contributed by atoms with E-state index in [1.165, 1.54) is 18.2 Å². The summed E-state index contributed by atoms with van der Waals surface area (Å²) in [6, 6.07) is 4.20. The van der Waals surface area contributed by atoms with Crippen LogP contribution in [0.1, 0.15) is 42.1 Å². The SMILES string of the molecule is CCCC(CCO)CNC(=O)c1ccc([N+](=O)[O-])cc1C. The molecule has 0 aromatic heterocycles. The molecule has 0 fully saturated rings. The third-order valence-corrected chi connectivity index (χ3v) is 3.45. The Hall–Kier alpha value is -1.95. The maximum atomic E-state index is 12.1. The Morgan fingerprint density at radius 3 is 2.67 bits per heavy atom. The van der Waals surface area contributed by atoms with Gasteiger partial charge in [-0.15, -0.1) is 0 Å². The van der Waals surface area contributed by atoms with E-state index in [2.05, 4.69) is 12.2 Å². The van der Waals surface area contributed by atoms with E-state index in [1.54, 1.807) is 6.92 Å². The lowest BCUT2D eigenvalue weighted by molar-refractivity contribution is -0.384. The second kappa shape index (κ2) is 8.36. The van der Waals surface area contributed by atoms with Crippen molar-refractivity contribution < 1.29 is 14.8 Å². The van der Waals surface area contributed by atoms with Gasteiger partial charge in [-0.05, 0) is 37.3 Å². The molecule has 0 heterocycles. The second-order valence-corrected chi connectivity index (χ2v) is 5.13. The van der Waals surface area contributed by atoms with Crippen LogP contribution in [-0.2, 0) is 0 Å². The maximum Gasteiger partial charge on any atom is 0.269 e. The highest BCUT2D eigenvalue weighted by Gasteiger charge is 2.15. The summed E-state index contributed by atoms with van der Waals surface area (Å²) in [6.45, 7) is 4.35. The summed E-state index contributed by atoms with van der Waals surface area (Å²) in [7, 11) is 0. The molecule has 0 aliphatic heterocycles. The van der Waals surface area contributed by atoms with Crippen LogP contribution in [0.25, 0.3) is 0 Å². The minimum absolute atomic E-state index is 0.0202. The average Bonchev–Trinajstić information content (AvgIpc) is 2.44. The van der Waals surface area contributed by atoms with Gasteiger partial charge in [-0.3, -0.25) is 14.9 Å². The van der Waals surface area contributed by atoms with Crippen molar-refractivity contribution in [2.45, 2.75) is 33.1 Å². The van der Waals surface area contributed by atoms with E-state index in [0.29, 0.717) is 24.1 Å². The molecule has 2 N–H and O–H groups in total. The molecule has 0 aliphatic carbocycles.